The Hall–Kier alpha value is -2.30. The molecule has 5 nitrogen and oxygen atoms in total. The predicted molar refractivity (Wildman–Crippen MR) is 63.8 cm³/mol. The molecule has 0 atom stereocenters. The van der Waals surface area contributed by atoms with E-state index >= 15 is 0 Å². The van der Waals surface area contributed by atoms with Gasteiger partial charge in [-0.25, -0.2) is 4.98 Å². The van der Waals surface area contributed by atoms with Gasteiger partial charge < -0.3 is 15.1 Å². The maximum atomic E-state index is 11.5. The van der Waals surface area contributed by atoms with Crippen molar-refractivity contribution in [1.29, 1.82) is 0 Å². The minimum Gasteiger partial charge on any atom is -0.472 e. The van der Waals surface area contributed by atoms with Gasteiger partial charge in [0.1, 0.15) is 12.1 Å². The summed E-state index contributed by atoms with van der Waals surface area (Å²) < 4.78 is 4.82. The molecule has 2 rings (SSSR count). The van der Waals surface area contributed by atoms with Crippen molar-refractivity contribution in [3.63, 3.8) is 0 Å². The predicted octanol–water partition coefficient (Wildman–Crippen LogP) is 1.52. The summed E-state index contributed by atoms with van der Waals surface area (Å²) in [6, 6.07) is 7.25. The van der Waals surface area contributed by atoms with Gasteiger partial charge in [-0.1, -0.05) is 6.07 Å². The Kier molecular flexibility index (Phi) is 3.75. The molecule has 0 unspecified atom stereocenters. The van der Waals surface area contributed by atoms with Crippen molar-refractivity contribution in [1.82, 2.24) is 10.3 Å². The number of carbonyl (C=O) groups is 1. The first kappa shape index (κ1) is 11.2. The Morgan fingerprint density at radius 2 is 2.24 bits per heavy atom. The highest BCUT2D eigenvalue weighted by Crippen LogP contribution is 1.99. The van der Waals surface area contributed by atoms with Crippen LogP contribution in [-0.2, 0) is 0 Å². The first-order valence-electron chi connectivity index (χ1n) is 5.31. The SMILES string of the molecule is O=C(NCCNc1ccccn1)c1ccoc1. The van der Waals surface area contributed by atoms with E-state index in [4.69, 9.17) is 4.42 Å². The average Bonchev–Trinajstić information content (AvgIpc) is 2.89. The molecular formula is C12H13N3O2. The summed E-state index contributed by atoms with van der Waals surface area (Å²) in [6.45, 7) is 1.15. The molecule has 5 heteroatoms. The van der Waals surface area contributed by atoms with Crippen molar-refractivity contribution in [3.8, 4) is 0 Å². The van der Waals surface area contributed by atoms with Gasteiger partial charge >= 0.3 is 0 Å². The van der Waals surface area contributed by atoms with Crippen LogP contribution in [0.2, 0.25) is 0 Å². The molecule has 1 amide bonds. The van der Waals surface area contributed by atoms with E-state index in [1.54, 1.807) is 12.3 Å². The highest BCUT2D eigenvalue weighted by molar-refractivity contribution is 5.93. The van der Waals surface area contributed by atoms with Crippen molar-refractivity contribution in [3.05, 3.63) is 48.6 Å². The summed E-state index contributed by atoms with van der Waals surface area (Å²) in [7, 11) is 0. The van der Waals surface area contributed by atoms with Crippen molar-refractivity contribution < 1.29 is 9.21 Å². The summed E-state index contributed by atoms with van der Waals surface area (Å²) in [6.07, 6.45) is 4.61. The molecule has 0 aromatic carbocycles. The fraction of sp³-hybridized carbons (Fsp3) is 0.167. The summed E-state index contributed by atoms with van der Waals surface area (Å²) >= 11 is 0. The van der Waals surface area contributed by atoms with Crippen LogP contribution in [0.15, 0.2) is 47.4 Å². The van der Waals surface area contributed by atoms with Crippen LogP contribution >= 0.6 is 0 Å². The summed E-state index contributed by atoms with van der Waals surface area (Å²) in [5, 5.41) is 5.86. The molecule has 88 valence electrons. The van der Waals surface area contributed by atoms with Crippen LogP contribution in [0, 0.1) is 0 Å². The molecule has 17 heavy (non-hydrogen) atoms. The molecule has 0 fully saturated rings. The minimum atomic E-state index is -0.137. The van der Waals surface area contributed by atoms with E-state index in [1.807, 2.05) is 18.2 Å². The van der Waals surface area contributed by atoms with Crippen molar-refractivity contribution in [2.24, 2.45) is 0 Å². The second kappa shape index (κ2) is 5.69. The third-order valence-corrected chi connectivity index (χ3v) is 2.16. The quantitative estimate of drug-likeness (QED) is 0.765. The van der Waals surface area contributed by atoms with E-state index in [9.17, 15) is 4.79 Å². The number of hydrogen-bond acceptors (Lipinski definition) is 4. The number of pyridine rings is 1. The van der Waals surface area contributed by atoms with Gasteiger partial charge in [0, 0.05) is 19.3 Å². The summed E-state index contributed by atoms with van der Waals surface area (Å²) in [5.74, 6) is 0.659. The van der Waals surface area contributed by atoms with Gasteiger partial charge in [0.05, 0.1) is 11.8 Å². The van der Waals surface area contributed by atoms with Crippen molar-refractivity contribution in [2.75, 3.05) is 18.4 Å². The van der Waals surface area contributed by atoms with Gasteiger partial charge in [-0.3, -0.25) is 4.79 Å². The van der Waals surface area contributed by atoms with Crippen LogP contribution in [0.4, 0.5) is 5.82 Å². The molecular weight excluding hydrogens is 218 g/mol. The average molecular weight is 231 g/mol. The van der Waals surface area contributed by atoms with Crippen LogP contribution < -0.4 is 10.6 Å². The number of rotatable bonds is 5. The van der Waals surface area contributed by atoms with Gasteiger partial charge in [-0.15, -0.1) is 0 Å². The molecule has 0 saturated carbocycles. The van der Waals surface area contributed by atoms with Crippen LogP contribution in [-0.4, -0.2) is 24.0 Å². The minimum absolute atomic E-state index is 0.137. The Labute approximate surface area is 98.9 Å². The molecule has 0 aliphatic heterocycles. The number of furan rings is 1. The zero-order valence-electron chi connectivity index (χ0n) is 9.22. The number of nitrogens with zero attached hydrogens (tertiary/aromatic N) is 1. The highest BCUT2D eigenvalue weighted by atomic mass is 16.3. The molecule has 2 N–H and O–H groups in total. The molecule has 0 radical (unpaired) electrons. The zero-order valence-corrected chi connectivity index (χ0v) is 9.22. The molecule has 0 saturated heterocycles. The van der Waals surface area contributed by atoms with Crippen LogP contribution in [0.3, 0.4) is 0 Å². The normalized spacial score (nSPS) is 9.88. The number of amides is 1. The Bertz CT molecular complexity index is 454. The smallest absolute Gasteiger partial charge is 0.254 e. The van der Waals surface area contributed by atoms with Crippen LogP contribution in [0.25, 0.3) is 0 Å². The maximum Gasteiger partial charge on any atom is 0.254 e. The van der Waals surface area contributed by atoms with Crippen molar-refractivity contribution in [2.45, 2.75) is 0 Å². The number of hydrogen-bond donors (Lipinski definition) is 2. The topological polar surface area (TPSA) is 67.2 Å². The first-order chi connectivity index (χ1) is 8.36. The standard InChI is InChI=1S/C12H13N3O2/c16-12(10-4-8-17-9-10)15-7-6-14-11-3-1-2-5-13-11/h1-5,8-9H,6-7H2,(H,13,14)(H,15,16). The molecule has 2 heterocycles. The molecule has 2 aromatic rings. The first-order valence-corrected chi connectivity index (χ1v) is 5.31. The maximum absolute atomic E-state index is 11.5. The van der Waals surface area contributed by atoms with Crippen molar-refractivity contribution >= 4 is 11.7 Å². The highest BCUT2D eigenvalue weighted by Gasteiger charge is 2.04. The Morgan fingerprint density at radius 3 is 2.94 bits per heavy atom. The number of carbonyl (C=O) groups excluding carboxylic acids is 1. The van der Waals surface area contributed by atoms with E-state index in [2.05, 4.69) is 15.6 Å². The fourth-order valence-corrected chi connectivity index (χ4v) is 1.33. The number of anilines is 1. The Morgan fingerprint density at radius 1 is 1.29 bits per heavy atom. The van der Waals surface area contributed by atoms with E-state index in [0.29, 0.717) is 18.7 Å². The molecule has 0 bridgehead atoms. The monoisotopic (exact) mass is 231 g/mol. The van der Waals surface area contributed by atoms with Gasteiger partial charge in [0.15, 0.2) is 0 Å². The Balaban J connectivity index is 1.69. The van der Waals surface area contributed by atoms with Gasteiger partial charge in [0.2, 0.25) is 0 Å². The largest absolute Gasteiger partial charge is 0.472 e. The lowest BCUT2D eigenvalue weighted by Crippen LogP contribution is -2.28. The fourth-order valence-electron chi connectivity index (χ4n) is 1.33. The number of aromatic nitrogens is 1. The molecule has 0 spiro atoms. The van der Waals surface area contributed by atoms with E-state index in [0.717, 1.165) is 5.82 Å². The van der Waals surface area contributed by atoms with Gasteiger partial charge in [0.25, 0.3) is 5.91 Å². The lowest BCUT2D eigenvalue weighted by atomic mass is 10.3. The van der Waals surface area contributed by atoms with Gasteiger partial charge in [-0.2, -0.15) is 0 Å². The van der Waals surface area contributed by atoms with E-state index in [-0.39, 0.29) is 5.91 Å². The molecule has 0 aliphatic carbocycles. The second-order valence-corrected chi connectivity index (χ2v) is 3.41. The van der Waals surface area contributed by atoms with Gasteiger partial charge in [-0.05, 0) is 18.2 Å². The molecule has 2 aromatic heterocycles. The van der Waals surface area contributed by atoms with Crippen LogP contribution in [0.5, 0.6) is 0 Å². The molecule has 0 aliphatic rings. The lowest BCUT2D eigenvalue weighted by Gasteiger charge is -2.05. The third-order valence-electron chi connectivity index (χ3n) is 2.16. The van der Waals surface area contributed by atoms with E-state index in [1.165, 1.54) is 12.5 Å². The van der Waals surface area contributed by atoms with E-state index < -0.39 is 0 Å². The van der Waals surface area contributed by atoms with Crippen LogP contribution in [0.1, 0.15) is 10.4 Å². The third kappa shape index (κ3) is 3.34. The number of nitrogens with one attached hydrogen (secondary N) is 2. The summed E-state index contributed by atoms with van der Waals surface area (Å²) in [4.78, 5) is 15.6. The second-order valence-electron chi connectivity index (χ2n) is 3.41. The lowest BCUT2D eigenvalue weighted by molar-refractivity contribution is 0.0954. The zero-order chi connectivity index (χ0) is 11.9. The summed E-state index contributed by atoms with van der Waals surface area (Å²) in [5.41, 5.74) is 0.530.